The van der Waals surface area contributed by atoms with E-state index in [9.17, 15) is 14.4 Å². The van der Waals surface area contributed by atoms with Gasteiger partial charge in [-0.05, 0) is 37.6 Å². The number of hydrogen-bond donors (Lipinski definition) is 1. The van der Waals surface area contributed by atoms with E-state index in [2.05, 4.69) is 10.5 Å². The number of amides is 2. The first-order valence-corrected chi connectivity index (χ1v) is 8.76. The van der Waals surface area contributed by atoms with E-state index in [-0.39, 0.29) is 12.1 Å². The van der Waals surface area contributed by atoms with E-state index in [0.717, 1.165) is 5.56 Å². The number of ketones is 1. The van der Waals surface area contributed by atoms with Crippen molar-refractivity contribution in [1.29, 1.82) is 0 Å². The molecule has 2 aromatic rings. The number of anilines is 1. The summed E-state index contributed by atoms with van der Waals surface area (Å²) in [7, 11) is 0. The van der Waals surface area contributed by atoms with Crippen LogP contribution in [0.25, 0.3) is 0 Å². The molecule has 2 amide bonds. The lowest BCUT2D eigenvalue weighted by Gasteiger charge is -2.32. The van der Waals surface area contributed by atoms with Gasteiger partial charge in [0.05, 0.1) is 12.2 Å². The van der Waals surface area contributed by atoms with Gasteiger partial charge in [0.15, 0.2) is 11.7 Å². The molecule has 1 aliphatic rings. The summed E-state index contributed by atoms with van der Waals surface area (Å²) in [6, 6.07) is 14.1. The van der Waals surface area contributed by atoms with Crippen molar-refractivity contribution < 1.29 is 14.4 Å². The number of nitrogens with zero attached hydrogens (tertiary/aromatic N) is 2. The van der Waals surface area contributed by atoms with Crippen LogP contribution < -0.4 is 10.3 Å². The maximum atomic E-state index is 13.0. The van der Waals surface area contributed by atoms with Crippen LogP contribution >= 0.6 is 11.6 Å². The number of hydrazone groups is 1. The van der Waals surface area contributed by atoms with Gasteiger partial charge < -0.3 is 4.90 Å². The molecule has 1 unspecified atom stereocenters. The van der Waals surface area contributed by atoms with Gasteiger partial charge in [-0.2, -0.15) is 5.10 Å². The number of fused-ring (bicyclic) bond motifs is 1. The normalized spacial score (nSPS) is 16.0. The number of carbonyl (C=O) groups is 3. The Bertz CT molecular complexity index is 937. The smallest absolute Gasteiger partial charge is 0.260 e. The molecule has 1 aliphatic heterocycles. The molecule has 0 bridgehead atoms. The molecule has 0 fully saturated rings. The Morgan fingerprint density at radius 1 is 1.15 bits per heavy atom. The van der Waals surface area contributed by atoms with Crippen LogP contribution in [0.5, 0.6) is 0 Å². The van der Waals surface area contributed by atoms with Gasteiger partial charge in [-0.1, -0.05) is 41.9 Å². The van der Waals surface area contributed by atoms with Gasteiger partial charge >= 0.3 is 0 Å². The number of rotatable bonds is 4. The fraction of sp³-hybridized carbons (Fsp3) is 0.200. The van der Waals surface area contributed by atoms with E-state index in [1.807, 2.05) is 30.3 Å². The second kappa shape index (κ2) is 7.72. The first-order chi connectivity index (χ1) is 12.9. The Morgan fingerprint density at radius 2 is 1.85 bits per heavy atom. The molecular weight excluding hydrogens is 366 g/mol. The Labute approximate surface area is 161 Å². The van der Waals surface area contributed by atoms with E-state index in [1.165, 1.54) is 11.0 Å². The fourth-order valence-corrected chi connectivity index (χ4v) is 3.05. The molecule has 0 saturated carbocycles. The molecule has 0 aliphatic carbocycles. The second-order valence-corrected chi connectivity index (χ2v) is 6.84. The molecule has 1 N–H and O–H groups in total. The van der Waals surface area contributed by atoms with Gasteiger partial charge in [0.2, 0.25) is 5.91 Å². The highest BCUT2D eigenvalue weighted by molar-refractivity contribution is 6.34. The van der Waals surface area contributed by atoms with Crippen LogP contribution in [0.1, 0.15) is 29.8 Å². The monoisotopic (exact) mass is 383 g/mol. The largest absolute Gasteiger partial charge is 0.306 e. The van der Waals surface area contributed by atoms with Crippen LogP contribution in [0.2, 0.25) is 5.02 Å². The second-order valence-electron chi connectivity index (χ2n) is 6.40. The lowest BCUT2D eigenvalue weighted by atomic mass is 9.89. The van der Waals surface area contributed by atoms with Gasteiger partial charge in [-0.25, -0.2) is 5.43 Å². The molecule has 1 heterocycles. The Hall–Kier alpha value is -2.99. The maximum Gasteiger partial charge on any atom is 0.260 e. The van der Waals surface area contributed by atoms with Gasteiger partial charge in [-0.15, -0.1) is 0 Å². The number of Topliss-reactive ketones (excluding diaryl/α,β-unsaturated/α-hetero) is 1. The summed E-state index contributed by atoms with van der Waals surface area (Å²) in [5.74, 6) is -3.42. The van der Waals surface area contributed by atoms with Gasteiger partial charge in [0, 0.05) is 16.3 Å². The highest BCUT2D eigenvalue weighted by Crippen LogP contribution is 2.34. The molecule has 7 heteroatoms. The van der Waals surface area contributed by atoms with E-state index < -0.39 is 23.5 Å². The first-order valence-electron chi connectivity index (χ1n) is 8.38. The number of nitrogens with one attached hydrogen (secondary N) is 1. The van der Waals surface area contributed by atoms with Crippen LogP contribution in [0.15, 0.2) is 53.6 Å². The zero-order valence-electron chi connectivity index (χ0n) is 14.9. The SMILES string of the molecule is CC(C)=NNC(=O)C1C(=O)c2cc(Cl)ccc2N(Cc2ccccc2)C1=O. The van der Waals surface area contributed by atoms with Crippen molar-refractivity contribution in [3.05, 3.63) is 64.7 Å². The number of carbonyl (C=O) groups excluding carboxylic acids is 3. The predicted octanol–water partition coefficient (Wildman–Crippen LogP) is 3.20. The molecule has 27 heavy (non-hydrogen) atoms. The highest BCUT2D eigenvalue weighted by atomic mass is 35.5. The summed E-state index contributed by atoms with van der Waals surface area (Å²) in [6.07, 6.45) is 0. The number of hydrogen-bond acceptors (Lipinski definition) is 4. The molecule has 6 nitrogen and oxygen atoms in total. The minimum atomic E-state index is -1.50. The molecule has 3 rings (SSSR count). The van der Waals surface area contributed by atoms with Crippen molar-refractivity contribution in [1.82, 2.24) is 5.43 Å². The quantitative estimate of drug-likeness (QED) is 0.500. The molecule has 138 valence electrons. The lowest BCUT2D eigenvalue weighted by molar-refractivity contribution is -0.132. The summed E-state index contributed by atoms with van der Waals surface area (Å²) < 4.78 is 0. The van der Waals surface area contributed by atoms with Gasteiger partial charge in [-0.3, -0.25) is 14.4 Å². The van der Waals surface area contributed by atoms with Crippen molar-refractivity contribution in [3.63, 3.8) is 0 Å². The van der Waals surface area contributed by atoms with Gasteiger partial charge in [0.25, 0.3) is 5.91 Å². The van der Waals surface area contributed by atoms with Crippen LogP contribution in [0, 0.1) is 5.92 Å². The van der Waals surface area contributed by atoms with Crippen molar-refractivity contribution in [2.24, 2.45) is 11.0 Å². The standard InChI is InChI=1S/C20H18ClN3O3/c1-12(2)22-23-19(26)17-18(25)15-10-14(21)8-9-16(15)24(20(17)27)11-13-6-4-3-5-7-13/h3-10,17H,11H2,1-2H3,(H,23,26). The summed E-state index contributed by atoms with van der Waals surface area (Å²) >= 11 is 6.04. The fourth-order valence-electron chi connectivity index (χ4n) is 2.87. The Morgan fingerprint density at radius 3 is 2.52 bits per heavy atom. The molecule has 1 atom stereocenters. The number of halogens is 1. The maximum absolute atomic E-state index is 13.0. The summed E-state index contributed by atoms with van der Waals surface area (Å²) in [5.41, 5.74) is 4.46. The van der Waals surface area contributed by atoms with Gasteiger partial charge in [0.1, 0.15) is 0 Å². The van der Waals surface area contributed by atoms with Crippen molar-refractivity contribution in [2.45, 2.75) is 20.4 Å². The minimum absolute atomic E-state index is 0.238. The van der Waals surface area contributed by atoms with E-state index >= 15 is 0 Å². The van der Waals surface area contributed by atoms with Crippen molar-refractivity contribution in [2.75, 3.05) is 4.90 Å². The third-order valence-electron chi connectivity index (χ3n) is 4.13. The zero-order chi connectivity index (χ0) is 19.6. The topological polar surface area (TPSA) is 78.8 Å². The average molecular weight is 384 g/mol. The molecule has 0 spiro atoms. The summed E-state index contributed by atoms with van der Waals surface area (Å²) in [6.45, 7) is 3.63. The van der Waals surface area contributed by atoms with Crippen LogP contribution in [0.3, 0.4) is 0 Å². The van der Waals surface area contributed by atoms with Crippen molar-refractivity contribution in [3.8, 4) is 0 Å². The molecule has 0 radical (unpaired) electrons. The first kappa shape index (κ1) is 18.8. The molecule has 2 aromatic carbocycles. The predicted molar refractivity (Wildman–Crippen MR) is 104 cm³/mol. The summed E-state index contributed by atoms with van der Waals surface area (Å²) in [5, 5.41) is 4.18. The highest BCUT2D eigenvalue weighted by Gasteiger charge is 2.44. The lowest BCUT2D eigenvalue weighted by Crippen LogP contribution is -2.50. The average Bonchev–Trinajstić information content (AvgIpc) is 2.64. The Kier molecular flexibility index (Phi) is 5.37. The van der Waals surface area contributed by atoms with E-state index in [4.69, 9.17) is 11.6 Å². The van der Waals surface area contributed by atoms with Crippen LogP contribution in [-0.4, -0.2) is 23.3 Å². The van der Waals surface area contributed by atoms with E-state index in [1.54, 1.807) is 26.0 Å². The molecular formula is C20H18ClN3O3. The molecule has 0 saturated heterocycles. The van der Waals surface area contributed by atoms with Crippen LogP contribution in [0.4, 0.5) is 5.69 Å². The summed E-state index contributed by atoms with van der Waals surface area (Å²) in [4.78, 5) is 39.8. The third-order valence-corrected chi connectivity index (χ3v) is 4.36. The van der Waals surface area contributed by atoms with Crippen molar-refractivity contribution >= 4 is 40.6 Å². The molecule has 0 aromatic heterocycles. The Balaban J connectivity index is 2.03. The number of benzene rings is 2. The zero-order valence-corrected chi connectivity index (χ0v) is 15.7. The van der Waals surface area contributed by atoms with E-state index in [0.29, 0.717) is 16.4 Å². The third kappa shape index (κ3) is 3.90. The van der Waals surface area contributed by atoms with Crippen LogP contribution in [-0.2, 0) is 16.1 Å². The minimum Gasteiger partial charge on any atom is -0.306 e.